The number of hydrogen-bond acceptors (Lipinski definition) is 0. The molecule has 0 aromatic heterocycles. The molecule has 0 bridgehead atoms. The Balaban J connectivity index is 2.76. The smallest absolute Gasteiger partial charge is 0.0449 e. The van der Waals surface area contributed by atoms with Gasteiger partial charge in [-0.15, -0.1) is 0 Å². The van der Waals surface area contributed by atoms with Crippen molar-refractivity contribution in [1.82, 2.24) is 0 Å². The van der Waals surface area contributed by atoms with Gasteiger partial charge in [-0.2, -0.15) is 0 Å². The lowest BCUT2D eigenvalue weighted by Gasteiger charge is -2.09. The van der Waals surface area contributed by atoms with Crippen LogP contribution < -0.4 is 0 Å². The second kappa shape index (κ2) is 6.55. The Morgan fingerprint density at radius 3 is 2.53 bits per heavy atom. The Labute approximate surface area is 106 Å². The Bertz CT molecular complexity index is 321. The van der Waals surface area contributed by atoms with Gasteiger partial charge in [-0.1, -0.05) is 53.4 Å². The number of rotatable bonds is 5. The summed E-state index contributed by atoms with van der Waals surface area (Å²) in [5.41, 5.74) is 3.96. The van der Waals surface area contributed by atoms with Gasteiger partial charge in [0.1, 0.15) is 0 Å². The lowest BCUT2D eigenvalue weighted by molar-refractivity contribution is 0.715. The number of alkyl halides is 1. The lowest BCUT2D eigenvalue weighted by Crippen LogP contribution is -1.93. The molecule has 0 amide bonds. The summed E-state index contributed by atoms with van der Waals surface area (Å²) in [5, 5.41) is 1.73. The minimum absolute atomic E-state index is 0.835. The van der Waals surface area contributed by atoms with E-state index in [1.807, 2.05) is 0 Å². The Hall–Kier alpha value is -0.0100. The van der Waals surface area contributed by atoms with E-state index in [4.69, 9.17) is 11.6 Å². The number of unbranched alkanes of at least 4 members (excludes halogenated alkanes) is 2. The highest BCUT2D eigenvalue weighted by Crippen LogP contribution is 2.24. The Morgan fingerprint density at radius 2 is 1.93 bits per heavy atom. The van der Waals surface area contributed by atoms with E-state index in [0.717, 1.165) is 16.8 Å². The largest absolute Gasteiger partial charge is 0.0876 e. The first-order valence-electron chi connectivity index (χ1n) is 5.53. The summed E-state index contributed by atoms with van der Waals surface area (Å²) in [6, 6.07) is 4.32. The van der Waals surface area contributed by atoms with Crippen molar-refractivity contribution >= 4 is 27.5 Å². The molecule has 0 aliphatic heterocycles. The second-order valence-electron chi connectivity index (χ2n) is 3.96. The van der Waals surface area contributed by atoms with E-state index in [1.165, 1.54) is 36.0 Å². The van der Waals surface area contributed by atoms with Crippen LogP contribution in [0.3, 0.4) is 0 Å². The molecule has 2 heteroatoms. The van der Waals surface area contributed by atoms with E-state index in [0.29, 0.717) is 0 Å². The third-order valence-corrected chi connectivity index (χ3v) is 3.65. The predicted molar refractivity (Wildman–Crippen MR) is 72.0 cm³/mol. The molecule has 1 aromatic carbocycles. The van der Waals surface area contributed by atoms with Gasteiger partial charge >= 0.3 is 0 Å². The van der Waals surface area contributed by atoms with Crippen LogP contribution in [0.25, 0.3) is 0 Å². The van der Waals surface area contributed by atoms with Crippen molar-refractivity contribution in [2.24, 2.45) is 0 Å². The maximum Gasteiger partial charge on any atom is 0.0449 e. The third kappa shape index (κ3) is 3.81. The third-order valence-electron chi connectivity index (χ3n) is 2.70. The molecule has 15 heavy (non-hydrogen) atoms. The van der Waals surface area contributed by atoms with Gasteiger partial charge < -0.3 is 0 Å². The van der Waals surface area contributed by atoms with Crippen LogP contribution in [0.2, 0.25) is 5.02 Å². The van der Waals surface area contributed by atoms with E-state index in [2.05, 4.69) is 41.9 Å². The van der Waals surface area contributed by atoms with E-state index < -0.39 is 0 Å². The zero-order valence-electron chi connectivity index (χ0n) is 9.45. The molecule has 1 rings (SSSR count). The minimum atomic E-state index is 0.835. The highest BCUT2D eigenvalue weighted by Gasteiger charge is 2.04. The number of benzene rings is 1. The fourth-order valence-electron chi connectivity index (χ4n) is 1.72. The second-order valence-corrected chi connectivity index (χ2v) is 4.93. The molecule has 0 aliphatic carbocycles. The topological polar surface area (TPSA) is 0 Å². The summed E-state index contributed by atoms with van der Waals surface area (Å²) >= 11 is 9.63. The average Bonchev–Trinajstić information content (AvgIpc) is 2.23. The number of hydrogen-bond donors (Lipinski definition) is 0. The van der Waals surface area contributed by atoms with Crippen LogP contribution in [-0.4, -0.2) is 0 Å². The van der Waals surface area contributed by atoms with Crippen LogP contribution in [-0.2, 0) is 11.8 Å². The summed E-state index contributed by atoms with van der Waals surface area (Å²) in [4.78, 5) is 0. The SMILES string of the molecule is CCCCCc1cc(Cl)c(CBr)cc1C. The van der Waals surface area contributed by atoms with Gasteiger partial charge in [0.05, 0.1) is 0 Å². The van der Waals surface area contributed by atoms with Crippen molar-refractivity contribution in [1.29, 1.82) is 0 Å². The first kappa shape index (κ1) is 13.1. The molecule has 0 atom stereocenters. The Kier molecular flexibility index (Phi) is 5.70. The molecule has 0 aliphatic rings. The molecule has 0 fully saturated rings. The van der Waals surface area contributed by atoms with E-state index >= 15 is 0 Å². The van der Waals surface area contributed by atoms with Crippen molar-refractivity contribution in [2.75, 3.05) is 0 Å². The fourth-order valence-corrected chi connectivity index (χ4v) is 2.60. The first-order chi connectivity index (χ1) is 7.19. The maximum absolute atomic E-state index is 6.18. The first-order valence-corrected chi connectivity index (χ1v) is 7.02. The Morgan fingerprint density at radius 1 is 1.20 bits per heavy atom. The van der Waals surface area contributed by atoms with Crippen molar-refractivity contribution in [3.63, 3.8) is 0 Å². The van der Waals surface area contributed by atoms with Crippen LogP contribution in [0.1, 0.15) is 42.9 Å². The maximum atomic E-state index is 6.18. The van der Waals surface area contributed by atoms with E-state index in [9.17, 15) is 0 Å². The van der Waals surface area contributed by atoms with Crippen LogP contribution >= 0.6 is 27.5 Å². The standard InChI is InChI=1S/C13H18BrCl/c1-3-4-5-6-11-8-13(15)12(9-14)7-10(11)2/h7-8H,3-6,9H2,1-2H3. The number of halogens is 2. The molecule has 0 nitrogen and oxygen atoms in total. The van der Waals surface area contributed by atoms with Crippen LogP contribution in [0.4, 0.5) is 0 Å². The van der Waals surface area contributed by atoms with Gasteiger partial charge in [0.15, 0.2) is 0 Å². The molecular weight excluding hydrogens is 272 g/mol. The molecule has 0 saturated heterocycles. The molecule has 0 spiro atoms. The van der Waals surface area contributed by atoms with E-state index in [-0.39, 0.29) is 0 Å². The van der Waals surface area contributed by atoms with Crippen molar-refractivity contribution < 1.29 is 0 Å². The lowest BCUT2D eigenvalue weighted by atomic mass is 10.0. The molecule has 1 aromatic rings. The van der Waals surface area contributed by atoms with E-state index in [1.54, 1.807) is 0 Å². The zero-order valence-corrected chi connectivity index (χ0v) is 11.8. The molecule has 0 unspecified atom stereocenters. The monoisotopic (exact) mass is 288 g/mol. The average molecular weight is 290 g/mol. The van der Waals surface area contributed by atoms with Gasteiger partial charge in [0.2, 0.25) is 0 Å². The highest BCUT2D eigenvalue weighted by atomic mass is 79.9. The zero-order chi connectivity index (χ0) is 11.3. The van der Waals surface area contributed by atoms with Crippen molar-refractivity contribution in [2.45, 2.75) is 44.9 Å². The summed E-state index contributed by atoms with van der Waals surface area (Å²) < 4.78 is 0. The van der Waals surface area contributed by atoms with Crippen LogP contribution in [0.15, 0.2) is 12.1 Å². The quantitative estimate of drug-likeness (QED) is 0.511. The predicted octanol–water partition coefficient (Wildman–Crippen LogP) is 5.28. The minimum Gasteiger partial charge on any atom is -0.0876 e. The summed E-state index contributed by atoms with van der Waals surface area (Å²) in [7, 11) is 0. The fraction of sp³-hybridized carbons (Fsp3) is 0.538. The molecule has 0 heterocycles. The molecule has 84 valence electrons. The summed E-state index contributed by atoms with van der Waals surface area (Å²) in [6.07, 6.45) is 4.99. The highest BCUT2D eigenvalue weighted by molar-refractivity contribution is 9.08. The van der Waals surface area contributed by atoms with Crippen molar-refractivity contribution in [3.05, 3.63) is 33.8 Å². The normalized spacial score (nSPS) is 10.7. The van der Waals surface area contributed by atoms with Gasteiger partial charge in [0, 0.05) is 10.4 Å². The molecular formula is C13H18BrCl. The van der Waals surface area contributed by atoms with Gasteiger partial charge in [-0.05, 0) is 42.5 Å². The molecule has 0 radical (unpaired) electrons. The van der Waals surface area contributed by atoms with Crippen molar-refractivity contribution in [3.8, 4) is 0 Å². The summed E-state index contributed by atoms with van der Waals surface area (Å²) in [6.45, 7) is 4.40. The summed E-state index contributed by atoms with van der Waals surface area (Å²) in [5.74, 6) is 0. The van der Waals surface area contributed by atoms with Gasteiger partial charge in [0.25, 0.3) is 0 Å². The van der Waals surface area contributed by atoms with Crippen LogP contribution in [0.5, 0.6) is 0 Å². The number of aryl methyl sites for hydroxylation is 2. The van der Waals surface area contributed by atoms with Crippen LogP contribution in [0, 0.1) is 6.92 Å². The molecule has 0 N–H and O–H groups in total. The van der Waals surface area contributed by atoms with Gasteiger partial charge in [-0.25, -0.2) is 0 Å². The van der Waals surface area contributed by atoms with Gasteiger partial charge in [-0.3, -0.25) is 0 Å². The molecule has 0 saturated carbocycles.